The van der Waals surface area contributed by atoms with E-state index in [1.165, 1.54) is 5.69 Å². The first kappa shape index (κ1) is 15.8. The average molecular weight is 315 g/mol. The molecule has 2 aliphatic heterocycles. The van der Waals surface area contributed by atoms with Crippen molar-refractivity contribution < 1.29 is 9.59 Å². The fraction of sp³-hybridized carbons (Fsp3) is 0.556. The van der Waals surface area contributed by atoms with Crippen molar-refractivity contribution in [3.8, 4) is 0 Å². The Balaban J connectivity index is 1.45. The van der Waals surface area contributed by atoms with Gasteiger partial charge >= 0.3 is 0 Å². The van der Waals surface area contributed by atoms with E-state index in [1.54, 1.807) is 4.90 Å². The zero-order valence-corrected chi connectivity index (χ0v) is 13.7. The maximum Gasteiger partial charge on any atom is 0.225 e. The van der Waals surface area contributed by atoms with Crippen LogP contribution in [-0.4, -0.2) is 49.4 Å². The molecule has 5 heteroatoms. The third kappa shape index (κ3) is 3.66. The Hall–Kier alpha value is -2.04. The van der Waals surface area contributed by atoms with Crippen LogP contribution in [0.25, 0.3) is 0 Å². The number of carbonyl (C=O) groups excluding carboxylic acids is 2. The Labute approximate surface area is 137 Å². The lowest BCUT2D eigenvalue weighted by Crippen LogP contribution is -2.36. The largest absolute Gasteiger partial charge is 0.371 e. The molecule has 1 aromatic carbocycles. The lowest BCUT2D eigenvalue weighted by Gasteiger charge is -2.19. The Bertz CT molecular complexity index is 561. The molecule has 0 radical (unpaired) electrons. The first-order valence-electron chi connectivity index (χ1n) is 8.53. The fourth-order valence-corrected chi connectivity index (χ4v) is 3.52. The molecule has 0 unspecified atom stereocenters. The van der Waals surface area contributed by atoms with Gasteiger partial charge in [0.2, 0.25) is 11.8 Å². The number of rotatable bonds is 5. The molecule has 0 bridgehead atoms. The van der Waals surface area contributed by atoms with Crippen molar-refractivity contribution in [2.75, 3.05) is 37.6 Å². The van der Waals surface area contributed by atoms with Gasteiger partial charge in [-0.15, -0.1) is 0 Å². The molecule has 0 spiro atoms. The van der Waals surface area contributed by atoms with E-state index in [-0.39, 0.29) is 17.7 Å². The van der Waals surface area contributed by atoms with Crippen molar-refractivity contribution in [1.29, 1.82) is 0 Å². The summed E-state index contributed by atoms with van der Waals surface area (Å²) in [4.78, 5) is 28.1. The summed E-state index contributed by atoms with van der Waals surface area (Å²) in [5.74, 6) is 0.448. The van der Waals surface area contributed by atoms with Crippen LogP contribution in [0.15, 0.2) is 30.3 Å². The number of anilines is 1. The normalized spacial score (nSPS) is 24.3. The third-order valence-corrected chi connectivity index (χ3v) is 4.94. The van der Waals surface area contributed by atoms with Crippen molar-refractivity contribution >= 4 is 17.5 Å². The summed E-state index contributed by atoms with van der Waals surface area (Å²) in [6, 6.07) is 10.4. The average Bonchev–Trinajstić information content (AvgIpc) is 3.20. The van der Waals surface area contributed by atoms with Gasteiger partial charge in [0.1, 0.15) is 0 Å². The second-order valence-electron chi connectivity index (χ2n) is 6.51. The van der Waals surface area contributed by atoms with Crippen LogP contribution in [-0.2, 0) is 9.59 Å². The number of hydrogen-bond donors (Lipinski definition) is 1. The zero-order chi connectivity index (χ0) is 16.2. The molecule has 2 atom stereocenters. The molecule has 2 amide bonds. The SMILES string of the molecule is CCN1C[C@H](C(=O)NC[C@@H]2CCN(c3ccccc3)C2)CC1=O. The Morgan fingerprint density at radius 3 is 2.74 bits per heavy atom. The molecule has 0 saturated carbocycles. The van der Waals surface area contributed by atoms with Crippen LogP contribution < -0.4 is 10.2 Å². The zero-order valence-electron chi connectivity index (χ0n) is 13.7. The lowest BCUT2D eigenvalue weighted by atomic mass is 10.1. The van der Waals surface area contributed by atoms with Crippen LogP contribution in [0.5, 0.6) is 0 Å². The number of amides is 2. The quantitative estimate of drug-likeness (QED) is 0.896. The van der Waals surface area contributed by atoms with Gasteiger partial charge < -0.3 is 15.1 Å². The molecule has 0 aromatic heterocycles. The van der Waals surface area contributed by atoms with E-state index in [0.29, 0.717) is 32.0 Å². The number of nitrogens with zero attached hydrogens (tertiary/aromatic N) is 2. The monoisotopic (exact) mass is 315 g/mol. The highest BCUT2D eigenvalue weighted by Crippen LogP contribution is 2.23. The number of likely N-dealkylation sites (tertiary alicyclic amines) is 1. The van der Waals surface area contributed by atoms with E-state index in [1.807, 2.05) is 13.0 Å². The van der Waals surface area contributed by atoms with E-state index in [0.717, 1.165) is 19.5 Å². The molecule has 2 saturated heterocycles. The lowest BCUT2D eigenvalue weighted by molar-refractivity contribution is -0.128. The van der Waals surface area contributed by atoms with Gasteiger partial charge in [0, 0.05) is 44.8 Å². The van der Waals surface area contributed by atoms with Crippen molar-refractivity contribution in [1.82, 2.24) is 10.2 Å². The third-order valence-electron chi connectivity index (χ3n) is 4.94. The van der Waals surface area contributed by atoms with Crippen molar-refractivity contribution in [3.63, 3.8) is 0 Å². The molecule has 0 aliphatic carbocycles. The smallest absolute Gasteiger partial charge is 0.225 e. The topological polar surface area (TPSA) is 52.7 Å². The predicted molar refractivity (Wildman–Crippen MR) is 90.1 cm³/mol. The molecular weight excluding hydrogens is 290 g/mol. The molecule has 3 rings (SSSR count). The first-order chi connectivity index (χ1) is 11.2. The molecule has 124 valence electrons. The molecule has 1 N–H and O–H groups in total. The predicted octanol–water partition coefficient (Wildman–Crippen LogP) is 1.50. The van der Waals surface area contributed by atoms with E-state index in [9.17, 15) is 9.59 Å². The minimum absolute atomic E-state index is 0.0347. The fourth-order valence-electron chi connectivity index (χ4n) is 3.52. The molecule has 2 fully saturated rings. The van der Waals surface area contributed by atoms with Gasteiger partial charge in [0.05, 0.1) is 5.92 Å². The van der Waals surface area contributed by atoms with E-state index in [4.69, 9.17) is 0 Å². The van der Waals surface area contributed by atoms with E-state index < -0.39 is 0 Å². The van der Waals surface area contributed by atoms with Crippen LogP contribution in [0.4, 0.5) is 5.69 Å². The molecule has 2 aliphatic rings. The standard InChI is InChI=1S/C18H25N3O2/c1-2-20-13-15(10-17(20)22)18(23)19-11-14-8-9-21(12-14)16-6-4-3-5-7-16/h3-7,14-15H,2,8-13H2,1H3,(H,19,23)/t14-,15+/m0/s1. The van der Waals surface area contributed by atoms with Gasteiger partial charge in [0.15, 0.2) is 0 Å². The first-order valence-corrected chi connectivity index (χ1v) is 8.53. The van der Waals surface area contributed by atoms with Crippen molar-refractivity contribution in [2.45, 2.75) is 19.8 Å². The molecule has 23 heavy (non-hydrogen) atoms. The number of carbonyl (C=O) groups is 2. The van der Waals surface area contributed by atoms with Gasteiger partial charge in [-0.05, 0) is 31.4 Å². The second-order valence-corrected chi connectivity index (χ2v) is 6.51. The highest BCUT2D eigenvalue weighted by molar-refractivity contribution is 5.89. The molecule has 5 nitrogen and oxygen atoms in total. The second kappa shape index (κ2) is 7.02. The summed E-state index contributed by atoms with van der Waals surface area (Å²) in [5, 5.41) is 3.06. The number of nitrogens with one attached hydrogen (secondary N) is 1. The highest BCUT2D eigenvalue weighted by Gasteiger charge is 2.33. The Morgan fingerprint density at radius 1 is 1.26 bits per heavy atom. The minimum atomic E-state index is -0.172. The highest BCUT2D eigenvalue weighted by atomic mass is 16.2. The summed E-state index contributed by atoms with van der Waals surface area (Å²) in [6.45, 7) is 5.94. The van der Waals surface area contributed by atoms with Crippen LogP contribution in [0, 0.1) is 11.8 Å². The van der Waals surface area contributed by atoms with E-state index >= 15 is 0 Å². The summed E-state index contributed by atoms with van der Waals surface area (Å²) in [6.07, 6.45) is 1.46. The van der Waals surface area contributed by atoms with Gasteiger partial charge in [-0.3, -0.25) is 9.59 Å². The Morgan fingerprint density at radius 2 is 2.04 bits per heavy atom. The maximum atomic E-state index is 12.3. The van der Waals surface area contributed by atoms with Crippen molar-refractivity contribution in [2.24, 2.45) is 11.8 Å². The number of para-hydroxylation sites is 1. The number of hydrogen-bond acceptors (Lipinski definition) is 3. The van der Waals surface area contributed by atoms with E-state index in [2.05, 4.69) is 34.5 Å². The summed E-state index contributed by atoms with van der Waals surface area (Å²) < 4.78 is 0. The molecular formula is C18H25N3O2. The van der Waals surface area contributed by atoms with Crippen molar-refractivity contribution in [3.05, 3.63) is 30.3 Å². The van der Waals surface area contributed by atoms with Gasteiger partial charge in [-0.25, -0.2) is 0 Å². The van der Waals surface area contributed by atoms with Gasteiger partial charge in [-0.2, -0.15) is 0 Å². The van der Waals surface area contributed by atoms with Gasteiger partial charge in [-0.1, -0.05) is 18.2 Å². The summed E-state index contributed by atoms with van der Waals surface area (Å²) >= 11 is 0. The van der Waals surface area contributed by atoms with Crippen LogP contribution in [0.1, 0.15) is 19.8 Å². The minimum Gasteiger partial charge on any atom is -0.371 e. The summed E-state index contributed by atoms with van der Waals surface area (Å²) in [5.41, 5.74) is 1.25. The molecule has 2 heterocycles. The Kier molecular flexibility index (Phi) is 4.84. The summed E-state index contributed by atoms with van der Waals surface area (Å²) in [7, 11) is 0. The van der Waals surface area contributed by atoms with Crippen LogP contribution in [0.3, 0.4) is 0 Å². The molecule has 1 aromatic rings. The maximum absolute atomic E-state index is 12.3. The van der Waals surface area contributed by atoms with Crippen LogP contribution in [0.2, 0.25) is 0 Å². The van der Waals surface area contributed by atoms with Gasteiger partial charge in [0.25, 0.3) is 0 Å². The van der Waals surface area contributed by atoms with Crippen LogP contribution >= 0.6 is 0 Å². The number of benzene rings is 1.